The van der Waals surface area contributed by atoms with Crippen LogP contribution >= 0.6 is 0 Å². The van der Waals surface area contributed by atoms with Crippen LogP contribution in [0.3, 0.4) is 0 Å². The Morgan fingerprint density at radius 3 is 2.78 bits per heavy atom. The molecule has 1 fully saturated rings. The van der Waals surface area contributed by atoms with Crippen molar-refractivity contribution in [1.29, 1.82) is 5.26 Å². The quantitative estimate of drug-likeness (QED) is 0.535. The minimum absolute atomic E-state index is 0.0128. The second-order valence-electron chi connectivity index (χ2n) is 7.49. The lowest BCUT2D eigenvalue weighted by atomic mass is 10.2. The molecule has 32 heavy (non-hydrogen) atoms. The molecule has 1 aromatic carbocycles. The third-order valence-electron chi connectivity index (χ3n) is 5.38. The minimum Gasteiger partial charge on any atom is -0.493 e. The number of amides is 1. The number of rotatable bonds is 7. The first-order chi connectivity index (χ1) is 15.7. The maximum atomic E-state index is 12.6. The highest BCUT2D eigenvalue weighted by Crippen LogP contribution is 2.28. The van der Waals surface area contributed by atoms with E-state index in [4.69, 9.17) is 14.7 Å². The van der Waals surface area contributed by atoms with E-state index in [2.05, 4.69) is 16.1 Å². The second-order valence-corrected chi connectivity index (χ2v) is 7.49. The van der Waals surface area contributed by atoms with Crippen LogP contribution in [0.1, 0.15) is 11.3 Å². The molecule has 2 aromatic heterocycles. The third kappa shape index (κ3) is 5.07. The molecular weight excluding hydrogens is 406 g/mol. The zero-order chi connectivity index (χ0) is 22.3. The maximum Gasteiger partial charge on any atom is 0.246 e. The smallest absolute Gasteiger partial charge is 0.246 e. The fourth-order valence-electron chi connectivity index (χ4n) is 3.71. The van der Waals surface area contributed by atoms with E-state index >= 15 is 0 Å². The van der Waals surface area contributed by atoms with Gasteiger partial charge in [-0.3, -0.25) is 9.69 Å². The number of hydrogen-bond acceptors (Lipinski definition) is 6. The van der Waals surface area contributed by atoms with Gasteiger partial charge in [0.1, 0.15) is 11.7 Å². The predicted molar refractivity (Wildman–Crippen MR) is 120 cm³/mol. The van der Waals surface area contributed by atoms with Crippen LogP contribution in [-0.2, 0) is 11.3 Å². The highest BCUT2D eigenvalue weighted by Gasteiger charge is 2.20. The van der Waals surface area contributed by atoms with Crippen molar-refractivity contribution in [3.8, 4) is 17.6 Å². The molecule has 1 saturated heterocycles. The van der Waals surface area contributed by atoms with E-state index in [0.29, 0.717) is 24.6 Å². The molecule has 1 amide bonds. The number of ether oxygens (including phenoxy) is 2. The number of hydrogen-bond donors (Lipinski definition) is 0. The number of fused-ring (bicyclic) bond motifs is 1. The van der Waals surface area contributed by atoms with E-state index in [0.717, 1.165) is 36.5 Å². The Morgan fingerprint density at radius 2 is 2.03 bits per heavy atom. The van der Waals surface area contributed by atoms with Gasteiger partial charge in [0, 0.05) is 51.2 Å². The van der Waals surface area contributed by atoms with Crippen molar-refractivity contribution in [2.75, 3.05) is 39.9 Å². The summed E-state index contributed by atoms with van der Waals surface area (Å²) in [5, 5.41) is 8.66. The molecule has 3 heterocycles. The Bertz CT molecular complexity index is 1120. The summed E-state index contributed by atoms with van der Waals surface area (Å²) in [5.41, 5.74) is 2.81. The molecule has 0 atom stereocenters. The number of benzene rings is 1. The average Bonchev–Trinajstić information content (AvgIpc) is 3.24. The minimum atomic E-state index is -0.0485. The van der Waals surface area contributed by atoms with Crippen molar-refractivity contribution in [3.63, 3.8) is 0 Å². The summed E-state index contributed by atoms with van der Waals surface area (Å²) >= 11 is 0. The molecule has 164 valence electrons. The largest absolute Gasteiger partial charge is 0.493 e. The van der Waals surface area contributed by atoms with E-state index in [1.54, 1.807) is 31.4 Å². The first-order valence-electron chi connectivity index (χ1n) is 10.5. The second kappa shape index (κ2) is 9.98. The van der Waals surface area contributed by atoms with Gasteiger partial charge in [-0.1, -0.05) is 12.1 Å². The van der Waals surface area contributed by atoms with Gasteiger partial charge in [0.2, 0.25) is 5.91 Å². The topological polar surface area (TPSA) is 83.1 Å². The molecule has 0 bridgehead atoms. The summed E-state index contributed by atoms with van der Waals surface area (Å²) in [7, 11) is 1.54. The maximum absolute atomic E-state index is 12.6. The van der Waals surface area contributed by atoms with Crippen molar-refractivity contribution in [2.45, 2.75) is 6.54 Å². The molecule has 3 aromatic rings. The van der Waals surface area contributed by atoms with Crippen LogP contribution in [0.5, 0.6) is 11.5 Å². The fraction of sp³-hybridized carbons (Fsp3) is 0.292. The van der Waals surface area contributed by atoms with Gasteiger partial charge in [0.05, 0.1) is 12.8 Å². The van der Waals surface area contributed by atoms with Crippen LogP contribution in [0.25, 0.3) is 11.7 Å². The van der Waals surface area contributed by atoms with Crippen LogP contribution in [0, 0.1) is 11.3 Å². The number of aromatic nitrogens is 2. The van der Waals surface area contributed by atoms with Crippen LogP contribution in [-0.4, -0.2) is 65.0 Å². The highest BCUT2D eigenvalue weighted by molar-refractivity contribution is 5.92. The molecule has 1 aliphatic heterocycles. The van der Waals surface area contributed by atoms with E-state index in [9.17, 15) is 4.79 Å². The molecule has 0 spiro atoms. The lowest BCUT2D eigenvalue weighted by Gasteiger charge is -2.33. The Balaban J connectivity index is 1.30. The number of nitriles is 1. The van der Waals surface area contributed by atoms with Crippen molar-refractivity contribution in [1.82, 2.24) is 19.2 Å². The molecular formula is C24H25N5O3. The van der Waals surface area contributed by atoms with Gasteiger partial charge < -0.3 is 18.8 Å². The van der Waals surface area contributed by atoms with Gasteiger partial charge in [-0.25, -0.2) is 4.98 Å². The summed E-state index contributed by atoms with van der Waals surface area (Å²) in [6.45, 7) is 3.72. The first-order valence-corrected chi connectivity index (χ1v) is 10.5. The predicted octanol–water partition coefficient (Wildman–Crippen LogP) is 2.60. The highest BCUT2D eigenvalue weighted by atomic mass is 16.5. The van der Waals surface area contributed by atoms with E-state index < -0.39 is 0 Å². The number of methoxy groups -OCH3 is 1. The van der Waals surface area contributed by atoms with Crippen molar-refractivity contribution in [2.24, 2.45) is 0 Å². The summed E-state index contributed by atoms with van der Waals surface area (Å²) in [4.78, 5) is 21.5. The Hall–Kier alpha value is -3.83. The molecule has 8 nitrogen and oxygen atoms in total. The summed E-state index contributed by atoms with van der Waals surface area (Å²) in [6, 6.07) is 13.2. The molecule has 4 rings (SSSR count). The van der Waals surface area contributed by atoms with Crippen molar-refractivity contribution < 1.29 is 14.3 Å². The lowest BCUT2D eigenvalue weighted by Crippen LogP contribution is -2.47. The molecule has 0 unspecified atom stereocenters. The van der Waals surface area contributed by atoms with Gasteiger partial charge in [0.25, 0.3) is 0 Å². The zero-order valence-electron chi connectivity index (χ0n) is 18.0. The van der Waals surface area contributed by atoms with Crippen LogP contribution in [0.2, 0.25) is 0 Å². The Kier molecular flexibility index (Phi) is 6.68. The molecule has 0 saturated carbocycles. The zero-order valence-corrected chi connectivity index (χ0v) is 18.0. The molecule has 1 aliphatic rings. The fourth-order valence-corrected chi connectivity index (χ4v) is 3.71. The van der Waals surface area contributed by atoms with Crippen molar-refractivity contribution >= 4 is 17.6 Å². The number of imidazole rings is 1. The first kappa shape index (κ1) is 21.4. The number of pyridine rings is 1. The van der Waals surface area contributed by atoms with E-state index in [1.807, 2.05) is 45.8 Å². The standard InChI is InChI=1S/C24H25N5O3/c1-31-22-16-19(5-7-21(22)32-15-9-25)6-8-24(30)28-13-11-27(12-14-28)17-20-18-29-10-3-2-4-23(29)26-20/h2-8,10,16,18H,11-15,17H2,1H3/b8-6+. The van der Waals surface area contributed by atoms with Gasteiger partial charge in [-0.05, 0) is 35.9 Å². The summed E-state index contributed by atoms with van der Waals surface area (Å²) in [5.74, 6) is 1.01. The average molecular weight is 431 g/mol. The normalized spacial score (nSPS) is 14.6. The van der Waals surface area contributed by atoms with Gasteiger partial charge in [-0.15, -0.1) is 0 Å². The van der Waals surface area contributed by atoms with Crippen LogP contribution in [0.4, 0.5) is 0 Å². The third-order valence-corrected chi connectivity index (χ3v) is 5.38. The molecule has 0 N–H and O–H groups in total. The SMILES string of the molecule is COc1cc(/C=C/C(=O)N2CCN(Cc3cn4ccccc4n3)CC2)ccc1OCC#N. The van der Waals surface area contributed by atoms with Crippen molar-refractivity contribution in [3.05, 3.63) is 66.1 Å². The lowest BCUT2D eigenvalue weighted by molar-refractivity contribution is -0.127. The number of carbonyl (C=O) groups is 1. The Labute approximate surface area is 186 Å². The number of carbonyl (C=O) groups excluding carboxylic acids is 1. The number of piperazine rings is 1. The number of nitrogens with zero attached hydrogens (tertiary/aromatic N) is 5. The Morgan fingerprint density at radius 1 is 1.19 bits per heavy atom. The molecule has 0 radical (unpaired) electrons. The summed E-state index contributed by atoms with van der Waals surface area (Å²) in [6.07, 6.45) is 7.40. The van der Waals surface area contributed by atoms with Crippen LogP contribution < -0.4 is 9.47 Å². The van der Waals surface area contributed by atoms with E-state index in [1.165, 1.54) is 0 Å². The van der Waals surface area contributed by atoms with Crippen LogP contribution in [0.15, 0.2) is 54.9 Å². The van der Waals surface area contributed by atoms with Gasteiger partial charge >= 0.3 is 0 Å². The van der Waals surface area contributed by atoms with Gasteiger partial charge in [-0.2, -0.15) is 5.26 Å². The van der Waals surface area contributed by atoms with Gasteiger partial charge in [0.15, 0.2) is 18.1 Å². The molecule has 8 heteroatoms. The van der Waals surface area contributed by atoms with E-state index in [-0.39, 0.29) is 12.5 Å². The molecule has 0 aliphatic carbocycles. The monoisotopic (exact) mass is 431 g/mol. The summed E-state index contributed by atoms with van der Waals surface area (Å²) < 4.78 is 12.7.